The van der Waals surface area contributed by atoms with Crippen molar-refractivity contribution in [2.24, 2.45) is 0 Å². The number of alkyl carbamates (subject to hydrolysis) is 1. The van der Waals surface area contributed by atoms with Gasteiger partial charge in [-0.05, 0) is 34.7 Å². The third-order valence-corrected chi connectivity index (χ3v) is 6.94. The minimum Gasteiger partial charge on any atom is -0.480 e. The number of carboxylic acids is 1. The highest BCUT2D eigenvalue weighted by Crippen LogP contribution is 2.46. The number of carbonyl (C=O) groups is 2. The molecular weight excluding hydrogens is 485 g/mol. The second-order valence-electron chi connectivity index (χ2n) is 8.32. The van der Waals surface area contributed by atoms with Crippen molar-refractivity contribution in [3.05, 3.63) is 95.6 Å². The Bertz CT molecular complexity index is 1240. The summed E-state index contributed by atoms with van der Waals surface area (Å²) in [6, 6.07) is 22.6. The molecule has 188 valence electrons. The first kappa shape index (κ1) is 25.6. The lowest BCUT2D eigenvalue weighted by Gasteiger charge is -2.24. The quantitative estimate of drug-likeness (QED) is 0.334. The molecule has 3 N–H and O–H groups in total. The van der Waals surface area contributed by atoms with Crippen molar-refractivity contribution in [2.45, 2.75) is 31.6 Å². The lowest BCUT2D eigenvalue weighted by molar-refractivity contribution is -0.141. The van der Waals surface area contributed by atoms with E-state index >= 15 is 0 Å². The SMILES string of the molecule is CC(OP(=O)(O)OCc1ccccc1)[C@@H](NC(=O)OCC1c2ccccc2-c2ccccc21)C(=O)O. The second-order valence-corrected chi connectivity index (χ2v) is 9.73. The number of phosphoric acid groups is 1. The van der Waals surface area contributed by atoms with Crippen LogP contribution in [0.3, 0.4) is 0 Å². The lowest BCUT2D eigenvalue weighted by atomic mass is 9.98. The lowest BCUT2D eigenvalue weighted by Crippen LogP contribution is -2.48. The van der Waals surface area contributed by atoms with E-state index in [1.165, 1.54) is 6.92 Å². The Kier molecular flexibility index (Phi) is 7.86. The Morgan fingerprint density at radius 2 is 1.50 bits per heavy atom. The van der Waals surface area contributed by atoms with Crippen molar-refractivity contribution in [3.8, 4) is 11.1 Å². The number of hydrogen-bond donors (Lipinski definition) is 3. The maximum Gasteiger partial charge on any atom is 0.472 e. The van der Waals surface area contributed by atoms with Gasteiger partial charge in [0.2, 0.25) is 0 Å². The summed E-state index contributed by atoms with van der Waals surface area (Å²) in [5.41, 5.74) is 4.77. The second kappa shape index (κ2) is 11.1. The predicted molar refractivity (Wildman–Crippen MR) is 131 cm³/mol. The van der Waals surface area contributed by atoms with E-state index in [0.717, 1.165) is 22.3 Å². The molecule has 0 bridgehead atoms. The molecule has 0 heterocycles. The Balaban J connectivity index is 1.35. The molecule has 9 nitrogen and oxygen atoms in total. The van der Waals surface area contributed by atoms with Crippen molar-refractivity contribution in [1.29, 1.82) is 0 Å². The van der Waals surface area contributed by atoms with Gasteiger partial charge in [0.25, 0.3) is 0 Å². The molecule has 2 unspecified atom stereocenters. The molecule has 1 aliphatic carbocycles. The summed E-state index contributed by atoms with van der Waals surface area (Å²) >= 11 is 0. The molecule has 4 rings (SSSR count). The van der Waals surface area contributed by atoms with E-state index in [1.807, 2.05) is 48.5 Å². The molecule has 10 heteroatoms. The van der Waals surface area contributed by atoms with Crippen molar-refractivity contribution in [2.75, 3.05) is 6.61 Å². The van der Waals surface area contributed by atoms with Crippen LogP contribution in [0.15, 0.2) is 78.9 Å². The van der Waals surface area contributed by atoms with E-state index in [2.05, 4.69) is 5.32 Å². The van der Waals surface area contributed by atoms with Gasteiger partial charge in [0.1, 0.15) is 6.61 Å². The van der Waals surface area contributed by atoms with Gasteiger partial charge in [0.15, 0.2) is 6.04 Å². The largest absolute Gasteiger partial charge is 0.480 e. The van der Waals surface area contributed by atoms with Gasteiger partial charge in [-0.2, -0.15) is 0 Å². The number of aliphatic carboxylic acids is 1. The van der Waals surface area contributed by atoms with E-state index in [-0.39, 0.29) is 19.1 Å². The number of hydrogen-bond acceptors (Lipinski definition) is 6. The first-order valence-corrected chi connectivity index (χ1v) is 12.8. The normalized spacial score (nSPS) is 15.7. The predicted octanol–water partition coefficient (Wildman–Crippen LogP) is 4.70. The van der Waals surface area contributed by atoms with Crippen LogP contribution in [-0.2, 0) is 29.8 Å². The van der Waals surface area contributed by atoms with Crippen LogP contribution < -0.4 is 5.32 Å². The number of nitrogens with one attached hydrogen (secondary N) is 1. The fraction of sp³-hybridized carbons (Fsp3) is 0.231. The highest BCUT2D eigenvalue weighted by molar-refractivity contribution is 7.47. The maximum absolute atomic E-state index is 12.5. The first-order chi connectivity index (χ1) is 17.2. The number of rotatable bonds is 10. The molecule has 1 aliphatic rings. The average molecular weight is 511 g/mol. The summed E-state index contributed by atoms with van der Waals surface area (Å²) in [6.07, 6.45) is -2.38. The van der Waals surface area contributed by atoms with Gasteiger partial charge in [0, 0.05) is 5.92 Å². The van der Waals surface area contributed by atoms with Crippen LogP contribution in [0.2, 0.25) is 0 Å². The Labute approximate surface area is 208 Å². The van der Waals surface area contributed by atoms with E-state index in [9.17, 15) is 24.2 Å². The fourth-order valence-corrected chi connectivity index (χ4v) is 5.09. The zero-order valence-corrected chi connectivity index (χ0v) is 20.3. The van der Waals surface area contributed by atoms with Crippen molar-refractivity contribution < 1.29 is 37.9 Å². The summed E-state index contributed by atoms with van der Waals surface area (Å²) in [5, 5.41) is 11.8. The fourth-order valence-electron chi connectivity index (χ4n) is 4.18. The number of carboxylic acid groups (broad SMARTS) is 1. The third kappa shape index (κ3) is 6.01. The monoisotopic (exact) mass is 511 g/mol. The highest BCUT2D eigenvalue weighted by atomic mass is 31.2. The van der Waals surface area contributed by atoms with E-state index in [1.54, 1.807) is 30.3 Å². The summed E-state index contributed by atoms with van der Waals surface area (Å²) < 4.78 is 27.6. The van der Waals surface area contributed by atoms with Crippen LogP contribution >= 0.6 is 7.82 Å². The molecule has 0 saturated carbocycles. The number of ether oxygens (including phenoxy) is 1. The maximum atomic E-state index is 12.5. The molecule has 0 spiro atoms. The minimum atomic E-state index is -4.61. The number of fused-ring (bicyclic) bond motifs is 3. The zero-order valence-electron chi connectivity index (χ0n) is 19.4. The molecule has 3 atom stereocenters. The van der Waals surface area contributed by atoms with Crippen LogP contribution in [0.4, 0.5) is 4.79 Å². The highest BCUT2D eigenvalue weighted by Gasteiger charge is 2.35. The molecule has 3 aromatic carbocycles. The Morgan fingerprint density at radius 1 is 0.944 bits per heavy atom. The Hall–Kier alpha value is -3.49. The van der Waals surface area contributed by atoms with Gasteiger partial charge in [-0.25, -0.2) is 14.2 Å². The van der Waals surface area contributed by atoms with Gasteiger partial charge in [0.05, 0.1) is 12.7 Å². The van der Waals surface area contributed by atoms with Gasteiger partial charge < -0.3 is 20.1 Å². The van der Waals surface area contributed by atoms with Gasteiger partial charge in [-0.3, -0.25) is 9.05 Å². The Morgan fingerprint density at radius 3 is 2.08 bits per heavy atom. The summed E-state index contributed by atoms with van der Waals surface area (Å²) in [6.45, 7) is 1.02. The summed E-state index contributed by atoms with van der Waals surface area (Å²) in [5.74, 6) is -1.66. The van der Waals surface area contributed by atoms with Crippen LogP contribution in [0.1, 0.15) is 29.5 Å². The van der Waals surface area contributed by atoms with Gasteiger partial charge in [-0.1, -0.05) is 78.9 Å². The molecule has 0 aromatic heterocycles. The zero-order chi connectivity index (χ0) is 25.7. The molecule has 1 amide bonds. The molecule has 3 aromatic rings. The minimum absolute atomic E-state index is 0.0138. The van der Waals surface area contributed by atoms with Crippen molar-refractivity contribution >= 4 is 19.9 Å². The summed E-state index contributed by atoms with van der Waals surface area (Å²) in [4.78, 5) is 34.3. The molecular formula is C26H26NO8P. The van der Waals surface area contributed by atoms with Crippen molar-refractivity contribution in [1.82, 2.24) is 5.32 Å². The van der Waals surface area contributed by atoms with Crippen LogP contribution in [0.5, 0.6) is 0 Å². The molecule has 36 heavy (non-hydrogen) atoms. The van der Waals surface area contributed by atoms with Crippen LogP contribution in [0.25, 0.3) is 11.1 Å². The number of benzene rings is 3. The van der Waals surface area contributed by atoms with Gasteiger partial charge in [-0.15, -0.1) is 0 Å². The van der Waals surface area contributed by atoms with Crippen LogP contribution in [0, 0.1) is 0 Å². The number of amides is 1. The molecule has 0 radical (unpaired) electrons. The number of phosphoric ester groups is 1. The van der Waals surface area contributed by atoms with E-state index in [4.69, 9.17) is 13.8 Å². The molecule has 0 fully saturated rings. The van der Waals surface area contributed by atoms with Gasteiger partial charge >= 0.3 is 19.9 Å². The summed E-state index contributed by atoms with van der Waals surface area (Å²) in [7, 11) is -4.61. The van der Waals surface area contributed by atoms with E-state index < -0.39 is 32.0 Å². The van der Waals surface area contributed by atoms with Crippen LogP contribution in [-0.4, -0.2) is 40.8 Å². The third-order valence-electron chi connectivity index (χ3n) is 5.89. The standard InChI is InChI=1S/C26H26NO8P/c1-17(35-36(31,32)34-15-18-9-3-2-4-10-18)24(25(28)29)27-26(30)33-16-23-21-13-7-5-11-19(21)20-12-6-8-14-22(20)23/h2-14,17,23-24H,15-16H2,1H3,(H,27,30)(H,28,29)(H,31,32)/t17?,24-/m1/s1. The molecule has 0 saturated heterocycles. The van der Waals surface area contributed by atoms with Crippen molar-refractivity contribution in [3.63, 3.8) is 0 Å². The number of carbonyl (C=O) groups excluding carboxylic acids is 1. The smallest absolute Gasteiger partial charge is 0.472 e. The topological polar surface area (TPSA) is 131 Å². The molecule has 0 aliphatic heterocycles. The average Bonchev–Trinajstić information content (AvgIpc) is 3.18. The first-order valence-electron chi connectivity index (χ1n) is 11.3. The van der Waals surface area contributed by atoms with E-state index in [0.29, 0.717) is 5.56 Å².